The van der Waals surface area contributed by atoms with Gasteiger partial charge in [0, 0.05) is 12.5 Å². The molecule has 0 aromatic carbocycles. The summed E-state index contributed by atoms with van der Waals surface area (Å²) in [5, 5.41) is 19.2. The Bertz CT molecular complexity index is 412. The van der Waals surface area contributed by atoms with Crippen LogP contribution in [0.1, 0.15) is 26.2 Å². The average molecular weight is 266 g/mol. The minimum Gasteiger partial charge on any atom is -0.465 e. The number of carbonyl (C=O) groups excluding carboxylic acids is 1. The highest BCUT2D eigenvalue weighted by molar-refractivity contribution is 5.72. The first-order chi connectivity index (χ1) is 9.03. The normalized spacial score (nSPS) is 37.3. The van der Waals surface area contributed by atoms with Crippen molar-refractivity contribution in [1.29, 1.82) is 0 Å². The van der Waals surface area contributed by atoms with Gasteiger partial charge in [0.05, 0.1) is 19.6 Å². The van der Waals surface area contributed by atoms with Crippen LogP contribution in [0.25, 0.3) is 0 Å². The van der Waals surface area contributed by atoms with Crippen LogP contribution in [0.15, 0.2) is 23.8 Å². The number of allylic oxidation sites excluding steroid dienone is 2. The molecule has 0 radical (unpaired) electrons. The molecule has 1 unspecified atom stereocenters. The van der Waals surface area contributed by atoms with E-state index in [0.29, 0.717) is 13.0 Å². The van der Waals surface area contributed by atoms with Gasteiger partial charge in [0.2, 0.25) is 0 Å². The summed E-state index contributed by atoms with van der Waals surface area (Å²) in [6.07, 6.45) is 3.82. The molecule has 19 heavy (non-hydrogen) atoms. The molecule has 4 nitrogen and oxygen atoms in total. The van der Waals surface area contributed by atoms with Crippen LogP contribution in [0.5, 0.6) is 0 Å². The zero-order valence-corrected chi connectivity index (χ0v) is 11.4. The topological polar surface area (TPSA) is 66.8 Å². The number of carbonyl (C=O) groups is 1. The van der Waals surface area contributed by atoms with Gasteiger partial charge in [-0.3, -0.25) is 4.79 Å². The molecule has 2 rings (SSSR count). The summed E-state index contributed by atoms with van der Waals surface area (Å²) in [5.41, 5.74) is 1.89. The molecule has 1 saturated carbocycles. The maximum absolute atomic E-state index is 11.2. The van der Waals surface area contributed by atoms with Gasteiger partial charge in [0.15, 0.2) is 0 Å². The van der Waals surface area contributed by atoms with Gasteiger partial charge in [0.25, 0.3) is 0 Å². The van der Waals surface area contributed by atoms with Crippen molar-refractivity contribution < 1.29 is 19.7 Å². The van der Waals surface area contributed by atoms with Crippen molar-refractivity contribution in [2.75, 3.05) is 19.8 Å². The number of hydrogen-bond acceptors (Lipinski definition) is 4. The fourth-order valence-corrected chi connectivity index (χ4v) is 3.24. The Balaban J connectivity index is 2.31. The zero-order valence-electron chi connectivity index (χ0n) is 11.4. The monoisotopic (exact) mass is 266 g/mol. The van der Waals surface area contributed by atoms with Crippen molar-refractivity contribution >= 4 is 5.97 Å². The summed E-state index contributed by atoms with van der Waals surface area (Å²) in [6, 6.07) is 0. The third-order valence-electron chi connectivity index (χ3n) is 4.38. The molecule has 1 saturated heterocycles. The lowest BCUT2D eigenvalue weighted by atomic mass is 9.87. The van der Waals surface area contributed by atoms with Gasteiger partial charge in [-0.15, -0.1) is 6.58 Å². The Kier molecular flexibility index (Phi) is 4.11. The smallest absolute Gasteiger partial charge is 0.306 e. The maximum atomic E-state index is 11.2. The second kappa shape index (κ2) is 5.47. The molecule has 2 fully saturated rings. The van der Waals surface area contributed by atoms with Crippen molar-refractivity contribution in [2.45, 2.75) is 26.2 Å². The van der Waals surface area contributed by atoms with Gasteiger partial charge in [-0.25, -0.2) is 0 Å². The first-order valence-electron chi connectivity index (χ1n) is 6.74. The van der Waals surface area contributed by atoms with E-state index in [1.807, 2.05) is 13.0 Å². The fourth-order valence-electron chi connectivity index (χ4n) is 3.24. The van der Waals surface area contributed by atoms with Crippen molar-refractivity contribution in [3.63, 3.8) is 0 Å². The van der Waals surface area contributed by atoms with Crippen LogP contribution >= 0.6 is 0 Å². The molecule has 1 heterocycles. The Labute approximate surface area is 113 Å². The van der Waals surface area contributed by atoms with Crippen LogP contribution < -0.4 is 0 Å². The average Bonchev–Trinajstić information content (AvgIpc) is 2.96. The quantitative estimate of drug-likeness (QED) is 0.597. The highest BCUT2D eigenvalue weighted by atomic mass is 16.5. The number of ether oxygens (including phenoxy) is 1. The summed E-state index contributed by atoms with van der Waals surface area (Å²) < 4.78 is 5.00. The lowest BCUT2D eigenvalue weighted by Crippen LogP contribution is -2.17. The van der Waals surface area contributed by atoms with E-state index >= 15 is 0 Å². The molecule has 4 heteroatoms. The third kappa shape index (κ3) is 2.74. The highest BCUT2D eigenvalue weighted by Gasteiger charge is 2.40. The largest absolute Gasteiger partial charge is 0.465 e. The number of hydrogen-bond donors (Lipinski definition) is 2. The zero-order chi connectivity index (χ0) is 14.0. The van der Waals surface area contributed by atoms with E-state index in [1.54, 1.807) is 0 Å². The van der Waals surface area contributed by atoms with E-state index in [4.69, 9.17) is 4.74 Å². The molecule has 1 aliphatic carbocycles. The van der Waals surface area contributed by atoms with Crippen molar-refractivity contribution in [2.24, 2.45) is 17.3 Å². The van der Waals surface area contributed by atoms with Crippen LogP contribution in [0.3, 0.4) is 0 Å². The second-order valence-corrected chi connectivity index (χ2v) is 5.98. The summed E-state index contributed by atoms with van der Waals surface area (Å²) >= 11 is 0. The van der Waals surface area contributed by atoms with Crippen LogP contribution in [0.2, 0.25) is 0 Å². The first-order valence-corrected chi connectivity index (χ1v) is 6.74. The summed E-state index contributed by atoms with van der Waals surface area (Å²) in [4.78, 5) is 11.2. The number of aliphatic hydroxyl groups is 2. The molecule has 2 N–H and O–H groups in total. The number of rotatable bonds is 4. The standard InChI is InChI=1S/C15H22O4/c1-3-10-5-15(2,9-17)6-12(10)13(7-16)11-4-14(18)19-8-11/h3,10-11,16-17H,1,4-9H2,2H3/t10-,11?,15-/m1/s1. The van der Waals surface area contributed by atoms with E-state index in [9.17, 15) is 15.0 Å². The van der Waals surface area contributed by atoms with Crippen LogP contribution in [-0.2, 0) is 9.53 Å². The van der Waals surface area contributed by atoms with E-state index in [0.717, 1.165) is 24.0 Å². The lowest BCUT2D eigenvalue weighted by Gasteiger charge is -2.20. The molecular weight excluding hydrogens is 244 g/mol. The molecule has 1 aliphatic heterocycles. The second-order valence-electron chi connectivity index (χ2n) is 5.98. The van der Waals surface area contributed by atoms with Gasteiger partial charge in [-0.2, -0.15) is 0 Å². The third-order valence-corrected chi connectivity index (χ3v) is 4.38. The van der Waals surface area contributed by atoms with Gasteiger partial charge in [-0.1, -0.05) is 18.6 Å². The van der Waals surface area contributed by atoms with Gasteiger partial charge in [0.1, 0.15) is 0 Å². The molecule has 2 aliphatic rings. The van der Waals surface area contributed by atoms with Gasteiger partial charge >= 0.3 is 5.97 Å². The minimum absolute atomic E-state index is 0.0176. The molecule has 0 aromatic rings. The van der Waals surface area contributed by atoms with Crippen molar-refractivity contribution in [3.05, 3.63) is 23.8 Å². The predicted molar refractivity (Wildman–Crippen MR) is 71.3 cm³/mol. The molecule has 0 bridgehead atoms. The van der Waals surface area contributed by atoms with Crippen LogP contribution in [0, 0.1) is 17.3 Å². The SMILES string of the molecule is C=C[C@@H]1C[C@@](C)(CO)CC1=C(CO)C1COC(=O)C1. The first kappa shape index (κ1) is 14.3. The number of aliphatic hydroxyl groups excluding tert-OH is 2. The Hall–Kier alpha value is -1.13. The molecule has 106 valence electrons. The maximum Gasteiger partial charge on any atom is 0.306 e. The summed E-state index contributed by atoms with van der Waals surface area (Å²) in [5.74, 6) is -0.0411. The van der Waals surface area contributed by atoms with E-state index < -0.39 is 0 Å². The minimum atomic E-state index is -0.199. The number of esters is 1. The summed E-state index contributed by atoms with van der Waals surface area (Å²) in [6.45, 7) is 6.33. The van der Waals surface area contributed by atoms with E-state index in [-0.39, 0.29) is 36.4 Å². The van der Waals surface area contributed by atoms with Crippen molar-refractivity contribution in [3.8, 4) is 0 Å². The van der Waals surface area contributed by atoms with E-state index in [1.165, 1.54) is 0 Å². The number of cyclic esters (lactones) is 1. The Morgan fingerprint density at radius 2 is 2.32 bits per heavy atom. The highest BCUT2D eigenvalue weighted by Crippen LogP contribution is 2.48. The molecule has 3 atom stereocenters. The van der Waals surface area contributed by atoms with Crippen molar-refractivity contribution in [1.82, 2.24) is 0 Å². The van der Waals surface area contributed by atoms with E-state index in [2.05, 4.69) is 6.58 Å². The molecule has 0 spiro atoms. The summed E-state index contributed by atoms with van der Waals surface area (Å²) in [7, 11) is 0. The van der Waals surface area contributed by atoms with Crippen LogP contribution in [-0.4, -0.2) is 36.0 Å². The lowest BCUT2D eigenvalue weighted by molar-refractivity contribution is -0.137. The predicted octanol–water partition coefficient (Wildman–Crippen LogP) is 1.43. The van der Waals surface area contributed by atoms with Gasteiger partial charge in [-0.05, 0) is 29.7 Å². The molecule has 0 aromatic heterocycles. The fraction of sp³-hybridized carbons (Fsp3) is 0.667. The van der Waals surface area contributed by atoms with Gasteiger partial charge < -0.3 is 14.9 Å². The Morgan fingerprint density at radius 1 is 1.58 bits per heavy atom. The Morgan fingerprint density at radius 3 is 2.79 bits per heavy atom. The molecular formula is C15H22O4. The molecule has 0 amide bonds. The van der Waals surface area contributed by atoms with Crippen LogP contribution in [0.4, 0.5) is 0 Å².